The van der Waals surface area contributed by atoms with Crippen molar-refractivity contribution < 1.29 is 14.5 Å². The number of aromatic nitrogens is 1. The van der Waals surface area contributed by atoms with Gasteiger partial charge < -0.3 is 9.72 Å². The molecule has 1 aromatic heterocycles. The molecule has 1 fully saturated rings. The van der Waals surface area contributed by atoms with E-state index >= 15 is 0 Å². The van der Waals surface area contributed by atoms with Gasteiger partial charge in [0.1, 0.15) is 0 Å². The monoisotopic (exact) mass is 436 g/mol. The van der Waals surface area contributed by atoms with Crippen LogP contribution in [0.2, 0.25) is 0 Å². The van der Waals surface area contributed by atoms with Gasteiger partial charge in [0.25, 0.3) is 0 Å². The number of fused-ring (bicyclic) bond motifs is 2. The molecule has 0 bridgehead atoms. The number of para-hydroxylation sites is 1. The van der Waals surface area contributed by atoms with Crippen LogP contribution in [0.3, 0.4) is 0 Å². The number of ether oxygens (including phenoxy) is 1. The molecule has 0 unspecified atom stereocenters. The SMILES string of the molecule is COC(=O)[C@@]1(C)CCC=C2[C@@H]1CC[C@@H](C)[C@]2(C)Cc1c(/C=C/[N+](=O)[O-])[nH]c2ccccc12. The fraction of sp³-hybridized carbons (Fsp3) is 0.500. The van der Waals surface area contributed by atoms with Gasteiger partial charge in [0.2, 0.25) is 6.20 Å². The molecule has 1 aromatic carbocycles. The van der Waals surface area contributed by atoms with Crippen molar-refractivity contribution in [3.63, 3.8) is 0 Å². The van der Waals surface area contributed by atoms with Crippen LogP contribution in [-0.4, -0.2) is 23.0 Å². The van der Waals surface area contributed by atoms with Crippen molar-refractivity contribution in [2.24, 2.45) is 22.7 Å². The Bertz CT molecular complexity index is 1110. The zero-order valence-corrected chi connectivity index (χ0v) is 19.3. The lowest BCUT2D eigenvalue weighted by Gasteiger charge is -2.52. The predicted octanol–water partition coefficient (Wildman–Crippen LogP) is 5.91. The zero-order chi connectivity index (χ0) is 23.1. The Kier molecular flexibility index (Phi) is 5.74. The van der Waals surface area contributed by atoms with E-state index in [0.717, 1.165) is 60.5 Å². The number of esters is 1. The van der Waals surface area contributed by atoms with Crippen molar-refractivity contribution in [1.82, 2.24) is 4.98 Å². The molecule has 2 aliphatic carbocycles. The summed E-state index contributed by atoms with van der Waals surface area (Å²) in [5.41, 5.74) is 3.55. The summed E-state index contributed by atoms with van der Waals surface area (Å²) in [5.74, 6) is 0.464. The minimum atomic E-state index is -0.505. The van der Waals surface area contributed by atoms with Gasteiger partial charge in [-0.2, -0.15) is 0 Å². The van der Waals surface area contributed by atoms with E-state index in [-0.39, 0.29) is 17.3 Å². The lowest BCUT2D eigenvalue weighted by molar-refractivity contribution is -0.401. The van der Waals surface area contributed by atoms with Crippen LogP contribution in [0.5, 0.6) is 0 Å². The lowest BCUT2D eigenvalue weighted by Crippen LogP contribution is -2.48. The van der Waals surface area contributed by atoms with Gasteiger partial charge in [-0.15, -0.1) is 0 Å². The quantitative estimate of drug-likeness (QED) is 0.273. The Morgan fingerprint density at radius 2 is 2.06 bits per heavy atom. The van der Waals surface area contributed by atoms with E-state index in [4.69, 9.17) is 4.74 Å². The number of rotatable bonds is 5. The first kappa shape index (κ1) is 22.3. The van der Waals surface area contributed by atoms with E-state index in [1.165, 1.54) is 12.7 Å². The molecule has 32 heavy (non-hydrogen) atoms. The van der Waals surface area contributed by atoms with Gasteiger partial charge in [0, 0.05) is 22.7 Å². The van der Waals surface area contributed by atoms with Crippen LogP contribution in [0.25, 0.3) is 17.0 Å². The van der Waals surface area contributed by atoms with Gasteiger partial charge in [-0.1, -0.05) is 43.7 Å². The summed E-state index contributed by atoms with van der Waals surface area (Å²) in [6.45, 7) is 6.66. The highest BCUT2D eigenvalue weighted by Crippen LogP contribution is 2.58. The molecular weight excluding hydrogens is 404 g/mol. The second kappa shape index (κ2) is 8.23. The summed E-state index contributed by atoms with van der Waals surface area (Å²) in [6, 6.07) is 8.05. The Hall–Kier alpha value is -2.89. The van der Waals surface area contributed by atoms with Crippen LogP contribution in [0.15, 0.2) is 42.1 Å². The molecule has 0 spiro atoms. The topological polar surface area (TPSA) is 85.2 Å². The zero-order valence-electron chi connectivity index (χ0n) is 19.3. The third kappa shape index (κ3) is 3.55. The fourth-order valence-electron chi connectivity index (χ4n) is 6.12. The number of carbonyl (C=O) groups is 1. The number of methoxy groups -OCH3 is 1. The van der Waals surface area contributed by atoms with E-state index in [0.29, 0.717) is 5.92 Å². The average Bonchev–Trinajstić information content (AvgIpc) is 3.12. The molecule has 0 amide bonds. The third-order valence-corrected chi connectivity index (χ3v) is 8.21. The van der Waals surface area contributed by atoms with Crippen LogP contribution in [0.4, 0.5) is 0 Å². The van der Waals surface area contributed by atoms with Crippen molar-refractivity contribution in [2.45, 2.75) is 52.9 Å². The summed E-state index contributed by atoms with van der Waals surface area (Å²) >= 11 is 0. The van der Waals surface area contributed by atoms with Crippen LogP contribution in [0.1, 0.15) is 57.7 Å². The maximum Gasteiger partial charge on any atom is 0.312 e. The van der Waals surface area contributed by atoms with E-state index < -0.39 is 10.3 Å². The highest BCUT2D eigenvalue weighted by molar-refractivity contribution is 5.87. The molecule has 170 valence electrons. The number of hydrogen-bond acceptors (Lipinski definition) is 4. The third-order valence-electron chi connectivity index (χ3n) is 8.21. The van der Waals surface area contributed by atoms with Crippen molar-refractivity contribution >= 4 is 22.9 Å². The average molecular weight is 437 g/mol. The van der Waals surface area contributed by atoms with Crippen molar-refractivity contribution in [1.29, 1.82) is 0 Å². The maximum atomic E-state index is 12.8. The number of hydrogen-bond donors (Lipinski definition) is 1. The Labute approximate surface area is 188 Å². The van der Waals surface area contributed by atoms with E-state index in [9.17, 15) is 14.9 Å². The summed E-state index contributed by atoms with van der Waals surface area (Å²) in [4.78, 5) is 26.8. The summed E-state index contributed by atoms with van der Waals surface area (Å²) in [7, 11) is 1.48. The molecule has 1 heterocycles. The molecule has 2 aliphatic rings. The number of nitrogens with zero attached hydrogens (tertiary/aromatic N) is 1. The maximum absolute atomic E-state index is 12.8. The van der Waals surface area contributed by atoms with Gasteiger partial charge in [-0.3, -0.25) is 14.9 Å². The first-order chi connectivity index (χ1) is 15.2. The Morgan fingerprint density at radius 1 is 1.31 bits per heavy atom. The normalized spacial score (nSPS) is 30.2. The van der Waals surface area contributed by atoms with Gasteiger partial charge in [0.05, 0.1) is 17.4 Å². The number of aromatic amines is 1. The van der Waals surface area contributed by atoms with Crippen LogP contribution < -0.4 is 0 Å². The smallest absolute Gasteiger partial charge is 0.312 e. The first-order valence-corrected chi connectivity index (χ1v) is 11.4. The first-order valence-electron chi connectivity index (χ1n) is 11.4. The number of allylic oxidation sites excluding steroid dienone is 2. The van der Waals surface area contributed by atoms with Crippen molar-refractivity contribution in [3.8, 4) is 0 Å². The minimum absolute atomic E-state index is 0.119. The number of nitrogens with one attached hydrogen (secondary N) is 1. The number of nitro groups is 1. The van der Waals surface area contributed by atoms with Crippen molar-refractivity contribution in [3.05, 3.63) is 63.5 Å². The molecule has 1 saturated carbocycles. The molecule has 2 aromatic rings. The number of carbonyl (C=O) groups excluding carboxylic acids is 1. The van der Waals surface area contributed by atoms with Crippen LogP contribution in [-0.2, 0) is 16.0 Å². The molecule has 4 rings (SSSR count). The van der Waals surface area contributed by atoms with E-state index in [1.54, 1.807) is 6.08 Å². The van der Waals surface area contributed by atoms with Gasteiger partial charge in [-0.05, 0) is 67.9 Å². The van der Waals surface area contributed by atoms with Gasteiger partial charge >= 0.3 is 5.97 Å². The van der Waals surface area contributed by atoms with E-state index in [2.05, 4.69) is 37.9 Å². The molecule has 1 N–H and O–H groups in total. The van der Waals surface area contributed by atoms with Crippen molar-refractivity contribution in [2.75, 3.05) is 7.11 Å². The molecule has 0 saturated heterocycles. The predicted molar refractivity (Wildman–Crippen MR) is 125 cm³/mol. The largest absolute Gasteiger partial charge is 0.469 e. The number of benzene rings is 1. The van der Waals surface area contributed by atoms with Crippen LogP contribution in [0, 0.1) is 32.8 Å². The van der Waals surface area contributed by atoms with Gasteiger partial charge in [-0.25, -0.2) is 0 Å². The second-order valence-corrected chi connectivity index (χ2v) is 9.90. The Balaban J connectivity index is 1.80. The molecule has 0 aliphatic heterocycles. The lowest BCUT2D eigenvalue weighted by atomic mass is 9.51. The fourth-order valence-corrected chi connectivity index (χ4v) is 6.12. The second-order valence-electron chi connectivity index (χ2n) is 9.90. The Morgan fingerprint density at radius 3 is 2.78 bits per heavy atom. The summed E-state index contributed by atoms with van der Waals surface area (Å²) in [5, 5.41) is 12.1. The highest BCUT2D eigenvalue weighted by atomic mass is 16.6. The number of H-pyrrole nitrogens is 1. The molecule has 6 heteroatoms. The van der Waals surface area contributed by atoms with Crippen LogP contribution >= 0.6 is 0 Å². The van der Waals surface area contributed by atoms with Gasteiger partial charge in [0.15, 0.2) is 0 Å². The molecular formula is C26H32N2O4. The molecule has 0 radical (unpaired) electrons. The molecule has 6 nitrogen and oxygen atoms in total. The molecule has 4 atom stereocenters. The standard InChI is InChI=1S/C26H32N2O4/c1-17-11-12-21-20(9-7-14-25(21,2)24(29)32-4)26(17,3)16-19-18-8-5-6-10-22(18)27-23(19)13-15-28(30)31/h5-6,8-10,13,15,17,21,27H,7,11-12,14,16H2,1-4H3/b15-13+/t17-,21+,25+,26+/m1/s1. The highest BCUT2D eigenvalue weighted by Gasteiger charge is 2.53. The van der Waals surface area contributed by atoms with E-state index in [1.807, 2.05) is 18.2 Å². The minimum Gasteiger partial charge on any atom is -0.469 e. The summed E-state index contributed by atoms with van der Waals surface area (Å²) < 4.78 is 5.23. The summed E-state index contributed by atoms with van der Waals surface area (Å²) in [6.07, 6.45) is 9.37.